The summed E-state index contributed by atoms with van der Waals surface area (Å²) < 4.78 is 5.24. The first-order valence-corrected chi connectivity index (χ1v) is 12.1. The Morgan fingerprint density at radius 2 is 1.32 bits per heavy atom. The summed E-state index contributed by atoms with van der Waals surface area (Å²) in [5.74, 6) is -0.617. The first-order valence-electron chi connectivity index (χ1n) is 12.1. The van der Waals surface area contributed by atoms with E-state index in [2.05, 4.69) is 16.0 Å². The smallest absolute Gasteiger partial charge is 0.408 e. The van der Waals surface area contributed by atoms with Crippen LogP contribution in [0.2, 0.25) is 0 Å². The SMILES string of the molecule is CCCC(NC(=O)OCc1ccccc1)C(=O)NC(CC(C)C)C(=O)NC(CC(C)C)C(C)=O. The minimum atomic E-state index is -0.838. The number of rotatable bonds is 14. The van der Waals surface area contributed by atoms with Crippen molar-refractivity contribution in [1.29, 1.82) is 0 Å². The predicted octanol–water partition coefficient (Wildman–Crippen LogP) is 3.73. The van der Waals surface area contributed by atoms with Crippen LogP contribution in [-0.4, -0.2) is 41.8 Å². The summed E-state index contributed by atoms with van der Waals surface area (Å²) in [5, 5.41) is 8.18. The fraction of sp³-hybridized carbons (Fsp3) is 0.615. The molecule has 1 rings (SSSR count). The van der Waals surface area contributed by atoms with Gasteiger partial charge in [0.25, 0.3) is 0 Å². The van der Waals surface area contributed by atoms with Crippen LogP contribution in [0.3, 0.4) is 0 Å². The molecular weight excluding hydrogens is 434 g/mol. The Balaban J connectivity index is 2.82. The lowest BCUT2D eigenvalue weighted by molar-refractivity contribution is -0.132. The molecule has 3 amide bonds. The van der Waals surface area contributed by atoms with Crippen LogP contribution in [0.5, 0.6) is 0 Å². The second kappa shape index (κ2) is 15.1. The van der Waals surface area contributed by atoms with E-state index in [9.17, 15) is 19.2 Å². The van der Waals surface area contributed by atoms with Crippen molar-refractivity contribution in [3.63, 3.8) is 0 Å². The molecule has 8 heteroatoms. The van der Waals surface area contributed by atoms with E-state index in [4.69, 9.17) is 4.74 Å². The number of alkyl carbamates (subject to hydrolysis) is 1. The van der Waals surface area contributed by atoms with Gasteiger partial charge in [-0.2, -0.15) is 0 Å². The molecule has 34 heavy (non-hydrogen) atoms. The minimum absolute atomic E-state index is 0.0911. The number of carbonyl (C=O) groups excluding carboxylic acids is 4. The maximum atomic E-state index is 13.0. The number of nitrogens with one attached hydrogen (secondary N) is 3. The number of hydrogen-bond acceptors (Lipinski definition) is 5. The van der Waals surface area contributed by atoms with E-state index in [1.165, 1.54) is 6.92 Å². The molecule has 0 aliphatic heterocycles. The molecule has 1 aromatic carbocycles. The van der Waals surface area contributed by atoms with E-state index in [-0.39, 0.29) is 24.2 Å². The second-order valence-corrected chi connectivity index (χ2v) is 9.54. The Kier molecular flexibility index (Phi) is 12.9. The number of Topliss-reactive ketones (excluding diaryl/α,β-unsaturated/α-hetero) is 1. The monoisotopic (exact) mass is 475 g/mol. The van der Waals surface area contributed by atoms with E-state index in [1.807, 2.05) is 65.0 Å². The van der Waals surface area contributed by atoms with Crippen molar-refractivity contribution >= 4 is 23.7 Å². The van der Waals surface area contributed by atoms with Crippen molar-refractivity contribution in [1.82, 2.24) is 16.0 Å². The van der Waals surface area contributed by atoms with Crippen molar-refractivity contribution in [3.05, 3.63) is 35.9 Å². The predicted molar refractivity (Wildman–Crippen MR) is 132 cm³/mol. The molecule has 1 aromatic rings. The van der Waals surface area contributed by atoms with Gasteiger partial charge in [0, 0.05) is 0 Å². The van der Waals surface area contributed by atoms with Gasteiger partial charge in [-0.05, 0) is 43.6 Å². The Morgan fingerprint density at radius 3 is 1.85 bits per heavy atom. The number of amides is 3. The summed E-state index contributed by atoms with van der Waals surface area (Å²) in [7, 11) is 0. The lowest BCUT2D eigenvalue weighted by Crippen LogP contribution is -2.56. The second-order valence-electron chi connectivity index (χ2n) is 9.54. The summed E-state index contributed by atoms with van der Waals surface area (Å²) in [4.78, 5) is 50.3. The highest BCUT2D eigenvalue weighted by molar-refractivity contribution is 5.93. The Labute approximate surface area is 203 Å². The van der Waals surface area contributed by atoms with Crippen molar-refractivity contribution in [2.75, 3.05) is 0 Å². The first kappa shape index (κ1) is 29.1. The van der Waals surface area contributed by atoms with Crippen LogP contribution >= 0.6 is 0 Å². The number of hydrogen-bond donors (Lipinski definition) is 3. The van der Waals surface area contributed by atoms with Gasteiger partial charge in [0.1, 0.15) is 18.7 Å². The molecule has 3 atom stereocenters. The third-order valence-electron chi connectivity index (χ3n) is 5.25. The van der Waals surface area contributed by atoms with Crippen LogP contribution < -0.4 is 16.0 Å². The van der Waals surface area contributed by atoms with E-state index in [1.54, 1.807) is 0 Å². The quantitative estimate of drug-likeness (QED) is 0.379. The molecule has 3 N–H and O–H groups in total. The summed E-state index contributed by atoms with van der Waals surface area (Å²) in [6.07, 6.45) is 1.28. The van der Waals surface area contributed by atoms with E-state index in [0.717, 1.165) is 5.56 Å². The normalized spacial score (nSPS) is 13.6. The molecule has 0 saturated carbocycles. The topological polar surface area (TPSA) is 114 Å². The zero-order valence-corrected chi connectivity index (χ0v) is 21.4. The number of benzene rings is 1. The first-order chi connectivity index (χ1) is 16.0. The fourth-order valence-corrected chi connectivity index (χ4v) is 3.51. The lowest BCUT2D eigenvalue weighted by atomic mass is 9.98. The van der Waals surface area contributed by atoms with Crippen LogP contribution in [0.4, 0.5) is 4.79 Å². The standard InChI is InChI=1S/C26H41N3O5/c1-7-11-21(29-26(33)34-16-20-12-9-8-10-13-20)24(31)28-23(15-18(4)5)25(32)27-22(19(6)30)14-17(2)3/h8-10,12-13,17-18,21-23H,7,11,14-16H2,1-6H3,(H,27,32)(H,28,31)(H,29,33). The Morgan fingerprint density at radius 1 is 0.794 bits per heavy atom. The Hall–Kier alpha value is -2.90. The Bertz CT molecular complexity index is 795. The summed E-state index contributed by atoms with van der Waals surface area (Å²) in [5.41, 5.74) is 0.837. The van der Waals surface area contributed by atoms with Gasteiger partial charge in [-0.15, -0.1) is 0 Å². The minimum Gasteiger partial charge on any atom is -0.445 e. The van der Waals surface area contributed by atoms with Crippen LogP contribution in [0, 0.1) is 11.8 Å². The van der Waals surface area contributed by atoms with Gasteiger partial charge in [0.15, 0.2) is 5.78 Å². The maximum absolute atomic E-state index is 13.0. The zero-order chi connectivity index (χ0) is 25.7. The van der Waals surface area contributed by atoms with Crippen LogP contribution in [0.25, 0.3) is 0 Å². The van der Waals surface area contributed by atoms with E-state index in [0.29, 0.717) is 25.7 Å². The third kappa shape index (κ3) is 11.3. The molecule has 0 bridgehead atoms. The average molecular weight is 476 g/mol. The highest BCUT2D eigenvalue weighted by atomic mass is 16.5. The van der Waals surface area contributed by atoms with Crippen LogP contribution in [-0.2, 0) is 25.7 Å². The molecule has 190 valence electrons. The molecule has 0 aliphatic rings. The van der Waals surface area contributed by atoms with Crippen LogP contribution in [0.15, 0.2) is 30.3 Å². The zero-order valence-electron chi connectivity index (χ0n) is 21.4. The molecule has 0 heterocycles. The molecule has 0 saturated heterocycles. The molecule has 0 spiro atoms. The molecular formula is C26H41N3O5. The van der Waals surface area contributed by atoms with Crippen LogP contribution in [0.1, 0.15) is 72.8 Å². The van der Waals surface area contributed by atoms with Gasteiger partial charge in [-0.1, -0.05) is 71.4 Å². The molecule has 8 nitrogen and oxygen atoms in total. The number of carbonyl (C=O) groups is 4. The van der Waals surface area contributed by atoms with E-state index < -0.39 is 36.0 Å². The van der Waals surface area contributed by atoms with Gasteiger partial charge in [0.05, 0.1) is 6.04 Å². The van der Waals surface area contributed by atoms with Crippen molar-refractivity contribution < 1.29 is 23.9 Å². The molecule has 0 radical (unpaired) electrons. The summed E-state index contributed by atoms with van der Waals surface area (Å²) in [6, 6.07) is 6.99. The van der Waals surface area contributed by atoms with Crippen molar-refractivity contribution in [3.8, 4) is 0 Å². The maximum Gasteiger partial charge on any atom is 0.408 e. The number of ether oxygens (including phenoxy) is 1. The molecule has 0 aromatic heterocycles. The van der Waals surface area contributed by atoms with Crippen molar-refractivity contribution in [2.24, 2.45) is 11.8 Å². The molecule has 0 aliphatic carbocycles. The van der Waals surface area contributed by atoms with E-state index >= 15 is 0 Å². The average Bonchev–Trinajstić information content (AvgIpc) is 2.76. The summed E-state index contributed by atoms with van der Waals surface area (Å²) in [6.45, 7) is 11.3. The molecule has 3 unspecified atom stereocenters. The van der Waals surface area contributed by atoms with Gasteiger partial charge in [0.2, 0.25) is 11.8 Å². The van der Waals surface area contributed by atoms with Gasteiger partial charge in [-0.25, -0.2) is 4.79 Å². The summed E-state index contributed by atoms with van der Waals surface area (Å²) >= 11 is 0. The highest BCUT2D eigenvalue weighted by Crippen LogP contribution is 2.10. The van der Waals surface area contributed by atoms with Gasteiger partial charge < -0.3 is 20.7 Å². The third-order valence-corrected chi connectivity index (χ3v) is 5.25. The largest absolute Gasteiger partial charge is 0.445 e. The highest BCUT2D eigenvalue weighted by Gasteiger charge is 2.29. The molecule has 0 fully saturated rings. The lowest BCUT2D eigenvalue weighted by Gasteiger charge is -2.26. The van der Waals surface area contributed by atoms with Gasteiger partial charge >= 0.3 is 6.09 Å². The number of ketones is 1. The van der Waals surface area contributed by atoms with Crippen molar-refractivity contribution in [2.45, 2.75) is 92.0 Å². The van der Waals surface area contributed by atoms with Gasteiger partial charge in [-0.3, -0.25) is 14.4 Å². The fourth-order valence-electron chi connectivity index (χ4n) is 3.51.